The van der Waals surface area contributed by atoms with Crippen molar-refractivity contribution < 1.29 is 9.18 Å². The van der Waals surface area contributed by atoms with Crippen molar-refractivity contribution in [1.82, 2.24) is 15.1 Å². The molecule has 0 bridgehead atoms. The van der Waals surface area contributed by atoms with Crippen molar-refractivity contribution in [1.29, 1.82) is 0 Å². The summed E-state index contributed by atoms with van der Waals surface area (Å²) in [5.41, 5.74) is 2.25. The zero-order valence-corrected chi connectivity index (χ0v) is 17.8. The molecule has 0 aliphatic carbocycles. The zero-order chi connectivity index (χ0) is 22.1. The summed E-state index contributed by atoms with van der Waals surface area (Å²) in [6.07, 6.45) is 0. The summed E-state index contributed by atoms with van der Waals surface area (Å²) in [5, 5.41) is 10.6. The molecule has 32 heavy (non-hydrogen) atoms. The molecule has 5 nitrogen and oxygen atoms in total. The first kappa shape index (κ1) is 20.1. The number of nitrogens with zero attached hydrogens (tertiary/aromatic N) is 4. The fraction of sp³-hybridized carbons (Fsp3) is 0.192. The lowest BCUT2D eigenvalue weighted by Gasteiger charge is -2.40. The number of hydrogen-bond acceptors (Lipinski definition) is 4. The Morgan fingerprint density at radius 2 is 1.62 bits per heavy atom. The number of anilines is 1. The predicted molar refractivity (Wildman–Crippen MR) is 124 cm³/mol. The van der Waals surface area contributed by atoms with Crippen molar-refractivity contribution in [2.75, 3.05) is 24.5 Å². The third kappa shape index (κ3) is 3.68. The Labute approximate surface area is 186 Å². The third-order valence-electron chi connectivity index (χ3n) is 5.98. The Balaban J connectivity index is 1.47. The van der Waals surface area contributed by atoms with Crippen LogP contribution in [0, 0.1) is 5.82 Å². The van der Waals surface area contributed by atoms with E-state index in [-0.39, 0.29) is 17.8 Å². The number of fused-ring (bicyclic) bond motifs is 1. The molecule has 0 N–H and O–H groups in total. The molecule has 1 fully saturated rings. The molecule has 1 atom stereocenters. The van der Waals surface area contributed by atoms with E-state index in [4.69, 9.17) is 0 Å². The van der Waals surface area contributed by atoms with E-state index in [1.807, 2.05) is 65.6 Å². The summed E-state index contributed by atoms with van der Waals surface area (Å²) < 4.78 is 14.2. The Morgan fingerprint density at radius 3 is 2.34 bits per heavy atom. The lowest BCUT2D eigenvalue weighted by Crippen LogP contribution is -2.54. The molecule has 3 aromatic carbocycles. The molecule has 0 radical (unpaired) electrons. The van der Waals surface area contributed by atoms with E-state index >= 15 is 0 Å². The van der Waals surface area contributed by atoms with Crippen molar-refractivity contribution in [2.45, 2.75) is 13.0 Å². The van der Waals surface area contributed by atoms with E-state index < -0.39 is 0 Å². The molecule has 0 saturated carbocycles. The van der Waals surface area contributed by atoms with Gasteiger partial charge in [0.15, 0.2) is 5.82 Å². The van der Waals surface area contributed by atoms with E-state index in [0.717, 1.165) is 22.2 Å². The minimum Gasteiger partial charge on any atom is -0.348 e. The van der Waals surface area contributed by atoms with Crippen LogP contribution in [-0.2, 0) is 0 Å². The SMILES string of the molecule is CC1CN(C(=O)c2ccccc2)CCN1c1nnc(-c2ccccc2)c2cc(F)ccc12. The van der Waals surface area contributed by atoms with Gasteiger partial charge in [-0.15, -0.1) is 10.2 Å². The van der Waals surface area contributed by atoms with Gasteiger partial charge in [-0.2, -0.15) is 0 Å². The summed E-state index contributed by atoms with van der Waals surface area (Å²) in [7, 11) is 0. The van der Waals surface area contributed by atoms with Gasteiger partial charge in [0.1, 0.15) is 11.5 Å². The number of carbonyl (C=O) groups excluding carboxylic acids is 1. The summed E-state index contributed by atoms with van der Waals surface area (Å²) in [6, 6.07) is 23.8. The highest BCUT2D eigenvalue weighted by Crippen LogP contribution is 2.33. The van der Waals surface area contributed by atoms with E-state index in [1.54, 1.807) is 6.07 Å². The van der Waals surface area contributed by atoms with Crippen LogP contribution in [-0.4, -0.2) is 46.7 Å². The standard InChI is InChI=1S/C26H23FN4O/c1-18-17-30(26(32)20-10-6-3-7-11-20)14-15-31(18)25-22-13-12-21(27)16-23(22)24(28-29-25)19-8-4-2-5-9-19/h2-13,16,18H,14-15,17H2,1H3. The van der Waals surface area contributed by atoms with Crippen molar-refractivity contribution in [3.63, 3.8) is 0 Å². The number of aromatic nitrogens is 2. The number of hydrogen-bond donors (Lipinski definition) is 0. The molecule has 1 aliphatic rings. The number of amides is 1. The predicted octanol–water partition coefficient (Wildman–Crippen LogP) is 4.79. The van der Waals surface area contributed by atoms with E-state index in [0.29, 0.717) is 30.9 Å². The maximum Gasteiger partial charge on any atom is 0.253 e. The number of halogens is 1. The minimum absolute atomic E-state index is 0.0366. The summed E-state index contributed by atoms with van der Waals surface area (Å²) >= 11 is 0. The molecule has 1 aliphatic heterocycles. The second-order valence-corrected chi connectivity index (χ2v) is 8.09. The molecule has 0 spiro atoms. The highest BCUT2D eigenvalue weighted by atomic mass is 19.1. The minimum atomic E-state index is -0.306. The van der Waals surface area contributed by atoms with Gasteiger partial charge in [-0.1, -0.05) is 48.5 Å². The van der Waals surface area contributed by atoms with Crippen molar-refractivity contribution >= 4 is 22.5 Å². The van der Waals surface area contributed by atoms with Crippen LogP contribution in [0.2, 0.25) is 0 Å². The van der Waals surface area contributed by atoms with Crippen molar-refractivity contribution in [3.8, 4) is 11.3 Å². The summed E-state index contributed by atoms with van der Waals surface area (Å²) in [6.45, 7) is 3.87. The molecule has 1 saturated heterocycles. The van der Waals surface area contributed by atoms with E-state index in [1.165, 1.54) is 12.1 Å². The molecule has 1 unspecified atom stereocenters. The van der Waals surface area contributed by atoms with Crippen LogP contribution in [0.3, 0.4) is 0 Å². The van der Waals surface area contributed by atoms with Crippen LogP contribution in [0.15, 0.2) is 78.9 Å². The van der Waals surface area contributed by atoms with E-state index in [2.05, 4.69) is 22.0 Å². The van der Waals surface area contributed by atoms with Crippen LogP contribution >= 0.6 is 0 Å². The first-order valence-corrected chi connectivity index (χ1v) is 10.7. The van der Waals surface area contributed by atoms with Crippen LogP contribution in [0.25, 0.3) is 22.0 Å². The van der Waals surface area contributed by atoms with E-state index in [9.17, 15) is 9.18 Å². The monoisotopic (exact) mass is 426 g/mol. The molecule has 2 heterocycles. The number of benzene rings is 3. The third-order valence-corrected chi connectivity index (χ3v) is 5.98. The van der Waals surface area contributed by atoms with Gasteiger partial charge < -0.3 is 9.80 Å². The highest BCUT2D eigenvalue weighted by Gasteiger charge is 2.29. The van der Waals surface area contributed by atoms with Gasteiger partial charge in [0.25, 0.3) is 5.91 Å². The average Bonchev–Trinajstić information content (AvgIpc) is 2.84. The fourth-order valence-corrected chi connectivity index (χ4v) is 4.35. The normalized spacial score (nSPS) is 16.4. The molecular formula is C26H23FN4O. The van der Waals surface area contributed by atoms with Gasteiger partial charge in [-0.05, 0) is 37.3 Å². The van der Waals surface area contributed by atoms with Gasteiger partial charge in [-0.25, -0.2) is 4.39 Å². The van der Waals surface area contributed by atoms with Crippen molar-refractivity contribution in [3.05, 3.63) is 90.2 Å². The lowest BCUT2D eigenvalue weighted by atomic mass is 10.0. The Kier molecular flexibility index (Phi) is 5.27. The second-order valence-electron chi connectivity index (χ2n) is 8.09. The number of carbonyl (C=O) groups is 1. The molecule has 5 rings (SSSR count). The molecule has 6 heteroatoms. The smallest absolute Gasteiger partial charge is 0.253 e. The number of piperazine rings is 1. The maximum atomic E-state index is 14.2. The maximum absolute atomic E-state index is 14.2. The summed E-state index contributed by atoms with van der Waals surface area (Å²) in [4.78, 5) is 16.9. The van der Waals surface area contributed by atoms with Crippen LogP contribution in [0.1, 0.15) is 17.3 Å². The quantitative estimate of drug-likeness (QED) is 0.473. The lowest BCUT2D eigenvalue weighted by molar-refractivity contribution is 0.0726. The van der Waals surface area contributed by atoms with Gasteiger partial charge in [0.2, 0.25) is 0 Å². The number of rotatable bonds is 3. The van der Waals surface area contributed by atoms with Crippen LogP contribution < -0.4 is 4.90 Å². The van der Waals surface area contributed by atoms with Gasteiger partial charge in [-0.3, -0.25) is 4.79 Å². The van der Waals surface area contributed by atoms with Crippen LogP contribution in [0.4, 0.5) is 10.2 Å². The first-order chi connectivity index (χ1) is 15.6. The van der Waals surface area contributed by atoms with Crippen molar-refractivity contribution in [2.24, 2.45) is 0 Å². The van der Waals surface area contributed by atoms with Gasteiger partial charge in [0, 0.05) is 47.6 Å². The largest absolute Gasteiger partial charge is 0.348 e. The van der Waals surface area contributed by atoms with Crippen LogP contribution in [0.5, 0.6) is 0 Å². The molecule has 4 aromatic rings. The highest BCUT2D eigenvalue weighted by molar-refractivity contribution is 6.00. The molecule has 1 amide bonds. The first-order valence-electron chi connectivity index (χ1n) is 10.7. The molecule has 1 aromatic heterocycles. The summed E-state index contributed by atoms with van der Waals surface area (Å²) in [5.74, 6) is 0.452. The fourth-order valence-electron chi connectivity index (χ4n) is 4.35. The Bertz CT molecular complexity index is 1260. The second kappa shape index (κ2) is 8.38. The van der Waals surface area contributed by atoms with Gasteiger partial charge >= 0.3 is 0 Å². The van der Waals surface area contributed by atoms with Gasteiger partial charge in [0.05, 0.1) is 0 Å². The topological polar surface area (TPSA) is 49.3 Å². The Hall–Kier alpha value is -3.80. The zero-order valence-electron chi connectivity index (χ0n) is 17.8. The average molecular weight is 426 g/mol. The molecular weight excluding hydrogens is 403 g/mol. The molecule has 160 valence electrons. The Morgan fingerprint density at radius 1 is 0.906 bits per heavy atom.